The number of aldehydes is 1. The predicted octanol–water partition coefficient (Wildman–Crippen LogP) is 2.64. The average molecular weight is 203 g/mol. The van der Waals surface area contributed by atoms with Gasteiger partial charge in [-0.3, -0.25) is 4.79 Å². The third-order valence-electron chi connectivity index (χ3n) is 2.39. The highest BCUT2D eigenvalue weighted by Gasteiger charge is 2.07. The molecule has 1 aromatic heterocycles. The van der Waals surface area contributed by atoms with Gasteiger partial charge in [0.1, 0.15) is 5.82 Å². The maximum Gasteiger partial charge on any atom is 0.167 e. The van der Waals surface area contributed by atoms with Gasteiger partial charge in [0.05, 0.1) is 5.69 Å². The zero-order valence-corrected chi connectivity index (χ0v) is 8.27. The Bertz CT molecular complexity index is 485. The van der Waals surface area contributed by atoms with Crippen molar-refractivity contribution in [3.05, 3.63) is 48.0 Å². The molecule has 0 saturated carbocycles. The minimum absolute atomic E-state index is 0.276. The van der Waals surface area contributed by atoms with Gasteiger partial charge in [0.15, 0.2) is 6.29 Å². The Morgan fingerprint density at radius 2 is 1.87 bits per heavy atom. The van der Waals surface area contributed by atoms with Crippen molar-refractivity contribution < 1.29 is 9.18 Å². The number of aryl methyl sites for hydroxylation is 1. The van der Waals surface area contributed by atoms with Crippen LogP contribution >= 0.6 is 0 Å². The second kappa shape index (κ2) is 3.69. The summed E-state index contributed by atoms with van der Waals surface area (Å²) in [6.07, 6.45) is 2.61. The van der Waals surface area contributed by atoms with E-state index in [4.69, 9.17) is 0 Å². The second-order valence-electron chi connectivity index (χ2n) is 3.35. The quantitative estimate of drug-likeness (QED) is 0.688. The van der Waals surface area contributed by atoms with Gasteiger partial charge in [-0.2, -0.15) is 0 Å². The maximum atomic E-state index is 12.7. The molecule has 0 unspecified atom stereocenters. The van der Waals surface area contributed by atoms with Gasteiger partial charge in [-0.15, -0.1) is 0 Å². The fourth-order valence-corrected chi connectivity index (χ4v) is 1.56. The summed E-state index contributed by atoms with van der Waals surface area (Å²) < 4.78 is 14.5. The van der Waals surface area contributed by atoms with E-state index in [1.165, 1.54) is 12.1 Å². The van der Waals surface area contributed by atoms with E-state index in [1.54, 1.807) is 23.7 Å². The molecule has 2 nitrogen and oxygen atoms in total. The molecule has 0 amide bonds. The third-order valence-corrected chi connectivity index (χ3v) is 2.39. The van der Waals surface area contributed by atoms with Crippen LogP contribution in [0.4, 0.5) is 4.39 Å². The largest absolute Gasteiger partial charge is 0.348 e. The van der Waals surface area contributed by atoms with Crippen LogP contribution in [0.1, 0.15) is 10.5 Å². The summed E-state index contributed by atoms with van der Waals surface area (Å²) in [6.45, 7) is 0. The highest BCUT2D eigenvalue weighted by Crippen LogP contribution is 2.23. The molecular weight excluding hydrogens is 193 g/mol. The van der Waals surface area contributed by atoms with Crippen LogP contribution < -0.4 is 0 Å². The summed E-state index contributed by atoms with van der Waals surface area (Å²) in [5, 5.41) is 0. The Balaban J connectivity index is 2.53. The van der Waals surface area contributed by atoms with Crippen LogP contribution in [-0.2, 0) is 7.05 Å². The van der Waals surface area contributed by atoms with Gasteiger partial charge in [-0.1, -0.05) is 12.1 Å². The first-order valence-electron chi connectivity index (χ1n) is 4.59. The van der Waals surface area contributed by atoms with Crippen molar-refractivity contribution in [2.75, 3.05) is 0 Å². The summed E-state index contributed by atoms with van der Waals surface area (Å²) in [4.78, 5) is 10.9. The van der Waals surface area contributed by atoms with Crippen LogP contribution in [0.25, 0.3) is 11.1 Å². The van der Waals surface area contributed by atoms with Crippen molar-refractivity contribution >= 4 is 6.29 Å². The summed E-state index contributed by atoms with van der Waals surface area (Å²) in [5.41, 5.74) is 2.27. The Labute approximate surface area is 87.0 Å². The molecule has 2 aromatic rings. The van der Waals surface area contributed by atoms with Crippen molar-refractivity contribution in [3.8, 4) is 11.1 Å². The molecule has 0 N–H and O–H groups in total. The molecule has 0 aliphatic heterocycles. The number of aromatic nitrogens is 1. The SMILES string of the molecule is Cn1ccc(-c2ccc(F)cc2)c1C=O. The number of halogens is 1. The van der Waals surface area contributed by atoms with Gasteiger partial charge in [0, 0.05) is 18.8 Å². The highest BCUT2D eigenvalue weighted by atomic mass is 19.1. The lowest BCUT2D eigenvalue weighted by atomic mass is 10.1. The summed E-state index contributed by atoms with van der Waals surface area (Å²) in [6, 6.07) is 7.94. The van der Waals surface area contributed by atoms with Gasteiger partial charge >= 0.3 is 0 Å². The number of nitrogens with zero attached hydrogens (tertiary/aromatic N) is 1. The molecule has 0 spiro atoms. The summed E-state index contributed by atoms with van der Waals surface area (Å²) in [7, 11) is 1.80. The second-order valence-corrected chi connectivity index (χ2v) is 3.35. The topological polar surface area (TPSA) is 22.0 Å². The third kappa shape index (κ3) is 1.68. The fraction of sp³-hybridized carbons (Fsp3) is 0.0833. The Morgan fingerprint density at radius 1 is 1.20 bits per heavy atom. The number of hydrogen-bond acceptors (Lipinski definition) is 1. The molecule has 2 rings (SSSR count). The van der Waals surface area contributed by atoms with E-state index in [-0.39, 0.29) is 5.82 Å². The van der Waals surface area contributed by atoms with E-state index in [9.17, 15) is 9.18 Å². The minimum Gasteiger partial charge on any atom is -0.348 e. The van der Waals surface area contributed by atoms with E-state index in [2.05, 4.69) is 0 Å². The Kier molecular flexibility index (Phi) is 2.37. The van der Waals surface area contributed by atoms with Crippen molar-refractivity contribution in [1.82, 2.24) is 4.57 Å². The lowest BCUT2D eigenvalue weighted by Crippen LogP contribution is -1.94. The lowest BCUT2D eigenvalue weighted by molar-refractivity contribution is 0.111. The van der Waals surface area contributed by atoms with Gasteiger partial charge < -0.3 is 4.57 Å². The molecule has 1 heterocycles. The molecule has 0 fully saturated rings. The normalized spacial score (nSPS) is 10.3. The van der Waals surface area contributed by atoms with Crippen molar-refractivity contribution in [3.63, 3.8) is 0 Å². The maximum absolute atomic E-state index is 12.7. The molecule has 0 bridgehead atoms. The van der Waals surface area contributed by atoms with Gasteiger partial charge in [-0.05, 0) is 23.8 Å². The van der Waals surface area contributed by atoms with Crippen molar-refractivity contribution in [2.45, 2.75) is 0 Å². The lowest BCUT2D eigenvalue weighted by Gasteiger charge is -2.01. The summed E-state index contributed by atoms with van der Waals surface area (Å²) >= 11 is 0. The van der Waals surface area contributed by atoms with Crippen molar-refractivity contribution in [1.29, 1.82) is 0 Å². The first-order valence-corrected chi connectivity index (χ1v) is 4.59. The molecule has 3 heteroatoms. The number of carbonyl (C=O) groups excluding carboxylic acids is 1. The Hall–Kier alpha value is -1.90. The number of benzene rings is 1. The fourth-order valence-electron chi connectivity index (χ4n) is 1.56. The monoisotopic (exact) mass is 203 g/mol. The van der Waals surface area contributed by atoms with E-state index in [0.29, 0.717) is 5.69 Å². The van der Waals surface area contributed by atoms with Crippen LogP contribution in [0.15, 0.2) is 36.5 Å². The minimum atomic E-state index is -0.276. The zero-order chi connectivity index (χ0) is 10.8. The van der Waals surface area contributed by atoms with Crippen LogP contribution in [-0.4, -0.2) is 10.9 Å². The van der Waals surface area contributed by atoms with Crippen LogP contribution in [0, 0.1) is 5.82 Å². The molecule has 15 heavy (non-hydrogen) atoms. The predicted molar refractivity (Wildman–Crippen MR) is 56.2 cm³/mol. The van der Waals surface area contributed by atoms with Gasteiger partial charge in [0.25, 0.3) is 0 Å². The molecule has 0 atom stereocenters. The van der Waals surface area contributed by atoms with Crippen LogP contribution in [0.2, 0.25) is 0 Å². The molecule has 0 aliphatic carbocycles. The highest BCUT2D eigenvalue weighted by molar-refractivity contribution is 5.85. The summed E-state index contributed by atoms with van der Waals surface area (Å²) in [5.74, 6) is -0.276. The van der Waals surface area contributed by atoms with E-state index in [0.717, 1.165) is 17.4 Å². The number of carbonyl (C=O) groups is 1. The van der Waals surface area contributed by atoms with Gasteiger partial charge in [-0.25, -0.2) is 4.39 Å². The van der Waals surface area contributed by atoms with Crippen LogP contribution in [0.3, 0.4) is 0 Å². The van der Waals surface area contributed by atoms with Gasteiger partial charge in [0.2, 0.25) is 0 Å². The average Bonchev–Trinajstić information content (AvgIpc) is 2.61. The van der Waals surface area contributed by atoms with E-state index < -0.39 is 0 Å². The smallest absolute Gasteiger partial charge is 0.167 e. The van der Waals surface area contributed by atoms with E-state index >= 15 is 0 Å². The first-order chi connectivity index (χ1) is 7.22. The molecule has 76 valence electrons. The number of rotatable bonds is 2. The van der Waals surface area contributed by atoms with Crippen molar-refractivity contribution in [2.24, 2.45) is 7.05 Å². The molecular formula is C12H10FNO. The van der Waals surface area contributed by atoms with E-state index in [1.807, 2.05) is 12.3 Å². The first kappa shape index (κ1) is 9.65. The molecule has 0 radical (unpaired) electrons. The zero-order valence-electron chi connectivity index (χ0n) is 8.27. The molecule has 0 saturated heterocycles. The number of hydrogen-bond donors (Lipinski definition) is 0. The van der Waals surface area contributed by atoms with Crippen LogP contribution in [0.5, 0.6) is 0 Å². The Morgan fingerprint density at radius 3 is 2.47 bits per heavy atom. The molecule has 1 aromatic carbocycles. The molecule has 0 aliphatic rings. The standard InChI is InChI=1S/C12H10FNO/c1-14-7-6-11(12(14)8-15)9-2-4-10(13)5-3-9/h2-8H,1H3.